The molecule has 1 aliphatic rings. The molecule has 4 heteroatoms. The van der Waals surface area contributed by atoms with E-state index in [1.54, 1.807) is 7.11 Å². The number of ether oxygens (including phenoxy) is 2. The number of rotatable bonds is 9. The van der Waals surface area contributed by atoms with Crippen molar-refractivity contribution >= 4 is 0 Å². The fourth-order valence-corrected chi connectivity index (χ4v) is 1.91. The van der Waals surface area contributed by atoms with E-state index < -0.39 is 0 Å². The summed E-state index contributed by atoms with van der Waals surface area (Å²) in [6, 6.07) is 4.93. The highest BCUT2D eigenvalue weighted by molar-refractivity contribution is 5.25. The van der Waals surface area contributed by atoms with Crippen LogP contribution in [-0.2, 0) is 17.7 Å². The van der Waals surface area contributed by atoms with Crippen LogP contribution in [0.5, 0.6) is 5.88 Å². The molecule has 0 unspecified atom stereocenters. The molecule has 106 valence electrons. The van der Waals surface area contributed by atoms with Crippen LogP contribution in [0.3, 0.4) is 0 Å². The van der Waals surface area contributed by atoms with E-state index in [0.717, 1.165) is 43.6 Å². The van der Waals surface area contributed by atoms with Gasteiger partial charge >= 0.3 is 0 Å². The summed E-state index contributed by atoms with van der Waals surface area (Å²) in [5, 5.41) is 3.52. The predicted molar refractivity (Wildman–Crippen MR) is 75.5 cm³/mol. The van der Waals surface area contributed by atoms with Crippen LogP contribution in [0.4, 0.5) is 0 Å². The van der Waals surface area contributed by atoms with Crippen molar-refractivity contribution in [1.29, 1.82) is 0 Å². The Morgan fingerprint density at radius 3 is 2.84 bits per heavy atom. The van der Waals surface area contributed by atoms with E-state index in [-0.39, 0.29) is 0 Å². The molecule has 0 aromatic carbocycles. The first-order chi connectivity index (χ1) is 9.31. The Labute approximate surface area is 115 Å². The molecule has 4 nitrogen and oxygen atoms in total. The van der Waals surface area contributed by atoms with Crippen LogP contribution in [0.2, 0.25) is 0 Å². The van der Waals surface area contributed by atoms with Gasteiger partial charge < -0.3 is 14.8 Å². The van der Waals surface area contributed by atoms with Crippen molar-refractivity contribution in [3.05, 3.63) is 23.4 Å². The number of nitrogens with zero attached hydrogens (tertiary/aromatic N) is 1. The zero-order chi connectivity index (χ0) is 13.5. The average molecular weight is 264 g/mol. The topological polar surface area (TPSA) is 43.4 Å². The summed E-state index contributed by atoms with van der Waals surface area (Å²) in [5.74, 6) is 0.739. The lowest BCUT2D eigenvalue weighted by atomic mass is 10.2. The fraction of sp³-hybridized carbons (Fsp3) is 0.667. The van der Waals surface area contributed by atoms with E-state index in [9.17, 15) is 0 Å². The minimum absolute atomic E-state index is 0.656. The molecule has 1 saturated carbocycles. The lowest BCUT2D eigenvalue weighted by molar-refractivity contribution is 0.170. The van der Waals surface area contributed by atoms with Crippen LogP contribution in [0, 0.1) is 0 Å². The van der Waals surface area contributed by atoms with Crippen LogP contribution in [0.25, 0.3) is 0 Å². The maximum absolute atomic E-state index is 5.69. The first kappa shape index (κ1) is 14.3. The second-order valence-corrected chi connectivity index (χ2v) is 5.01. The van der Waals surface area contributed by atoms with Crippen LogP contribution in [-0.4, -0.2) is 31.3 Å². The van der Waals surface area contributed by atoms with Crippen molar-refractivity contribution in [1.82, 2.24) is 10.3 Å². The summed E-state index contributed by atoms with van der Waals surface area (Å²) in [7, 11) is 1.71. The normalized spacial score (nSPS) is 14.6. The van der Waals surface area contributed by atoms with Gasteiger partial charge in [-0.1, -0.05) is 6.92 Å². The number of aryl methyl sites for hydroxylation is 1. The third kappa shape index (κ3) is 5.17. The molecule has 1 fully saturated rings. The molecule has 0 atom stereocenters. The molecule has 1 aromatic rings. The minimum Gasteiger partial charge on any atom is -0.478 e. The van der Waals surface area contributed by atoms with Gasteiger partial charge in [0.15, 0.2) is 0 Å². The Balaban J connectivity index is 1.89. The average Bonchev–Trinajstić information content (AvgIpc) is 3.25. The highest BCUT2D eigenvalue weighted by Gasteiger charge is 2.20. The predicted octanol–water partition coefficient (Wildman–Crippen LogP) is 2.31. The van der Waals surface area contributed by atoms with E-state index >= 15 is 0 Å². The molecule has 1 N–H and O–H groups in total. The number of nitrogens with one attached hydrogen (secondary N) is 1. The van der Waals surface area contributed by atoms with Crippen LogP contribution in [0.15, 0.2) is 12.1 Å². The number of hydrogen-bond acceptors (Lipinski definition) is 4. The molecule has 1 aliphatic carbocycles. The highest BCUT2D eigenvalue weighted by atomic mass is 16.5. The lowest BCUT2D eigenvalue weighted by Crippen LogP contribution is -2.16. The highest BCUT2D eigenvalue weighted by Crippen LogP contribution is 2.20. The molecule has 2 rings (SSSR count). The van der Waals surface area contributed by atoms with E-state index in [2.05, 4.69) is 23.3 Å². The summed E-state index contributed by atoms with van der Waals surface area (Å²) in [6.07, 6.45) is 4.45. The van der Waals surface area contributed by atoms with Crippen molar-refractivity contribution < 1.29 is 9.47 Å². The van der Waals surface area contributed by atoms with E-state index in [4.69, 9.17) is 9.47 Å². The van der Waals surface area contributed by atoms with Gasteiger partial charge in [-0.3, -0.25) is 0 Å². The standard InChI is InChI=1S/C15H24N2O2/c1-3-13-9-12(11-16-14-5-6-14)10-15(17-13)19-8-4-7-18-2/h9-10,14,16H,3-8,11H2,1-2H3. The summed E-state index contributed by atoms with van der Waals surface area (Å²) in [6.45, 7) is 4.41. The van der Waals surface area contributed by atoms with Crippen LogP contribution in [0.1, 0.15) is 37.4 Å². The third-order valence-electron chi connectivity index (χ3n) is 3.19. The Kier molecular flexibility index (Phi) is 5.61. The third-order valence-corrected chi connectivity index (χ3v) is 3.19. The Hall–Kier alpha value is -1.13. The Morgan fingerprint density at radius 1 is 1.32 bits per heavy atom. The maximum atomic E-state index is 5.69. The van der Waals surface area contributed by atoms with Crippen molar-refractivity contribution in [2.24, 2.45) is 0 Å². The number of hydrogen-bond donors (Lipinski definition) is 1. The molecule has 0 saturated heterocycles. The van der Waals surface area contributed by atoms with E-state index in [0.29, 0.717) is 6.61 Å². The van der Waals surface area contributed by atoms with Gasteiger partial charge in [-0.25, -0.2) is 4.98 Å². The van der Waals surface area contributed by atoms with Crippen molar-refractivity contribution in [3.63, 3.8) is 0 Å². The van der Waals surface area contributed by atoms with Crippen LogP contribution >= 0.6 is 0 Å². The smallest absolute Gasteiger partial charge is 0.213 e. The summed E-state index contributed by atoms with van der Waals surface area (Å²) in [4.78, 5) is 4.50. The first-order valence-electron chi connectivity index (χ1n) is 7.16. The van der Waals surface area contributed by atoms with Gasteiger partial charge in [0, 0.05) is 44.5 Å². The molecule has 0 bridgehead atoms. The van der Waals surface area contributed by atoms with Gasteiger partial charge in [0.2, 0.25) is 5.88 Å². The molecule has 0 amide bonds. The Morgan fingerprint density at radius 2 is 2.16 bits per heavy atom. The summed E-state index contributed by atoms with van der Waals surface area (Å²) < 4.78 is 10.7. The molecule has 0 spiro atoms. The molecular formula is C15H24N2O2. The molecule has 0 aliphatic heterocycles. The van der Waals surface area contributed by atoms with Crippen molar-refractivity contribution in [2.75, 3.05) is 20.3 Å². The van der Waals surface area contributed by atoms with Gasteiger partial charge in [-0.05, 0) is 30.9 Å². The second-order valence-electron chi connectivity index (χ2n) is 5.01. The lowest BCUT2D eigenvalue weighted by Gasteiger charge is -2.10. The first-order valence-corrected chi connectivity index (χ1v) is 7.16. The van der Waals surface area contributed by atoms with Gasteiger partial charge in [-0.2, -0.15) is 0 Å². The van der Waals surface area contributed by atoms with Gasteiger partial charge in [0.25, 0.3) is 0 Å². The molecular weight excluding hydrogens is 240 g/mol. The minimum atomic E-state index is 0.656. The van der Waals surface area contributed by atoms with Crippen molar-refractivity contribution in [2.45, 2.75) is 45.2 Å². The quantitative estimate of drug-likeness (QED) is 0.695. The number of aromatic nitrogens is 1. The second kappa shape index (κ2) is 7.46. The van der Waals surface area contributed by atoms with Gasteiger partial charge in [0.1, 0.15) is 0 Å². The van der Waals surface area contributed by atoms with Gasteiger partial charge in [-0.15, -0.1) is 0 Å². The fourth-order valence-electron chi connectivity index (χ4n) is 1.91. The van der Waals surface area contributed by atoms with Crippen LogP contribution < -0.4 is 10.1 Å². The largest absolute Gasteiger partial charge is 0.478 e. The van der Waals surface area contributed by atoms with Crippen molar-refractivity contribution in [3.8, 4) is 5.88 Å². The van der Waals surface area contributed by atoms with E-state index in [1.807, 2.05) is 6.07 Å². The summed E-state index contributed by atoms with van der Waals surface area (Å²) in [5.41, 5.74) is 2.36. The zero-order valence-corrected chi connectivity index (χ0v) is 11.9. The molecule has 1 heterocycles. The monoisotopic (exact) mass is 264 g/mol. The SMILES string of the molecule is CCc1cc(CNC2CC2)cc(OCCCOC)n1. The number of pyridine rings is 1. The molecule has 0 radical (unpaired) electrons. The maximum Gasteiger partial charge on any atom is 0.213 e. The van der Waals surface area contributed by atoms with E-state index in [1.165, 1.54) is 18.4 Å². The zero-order valence-electron chi connectivity index (χ0n) is 11.9. The molecule has 19 heavy (non-hydrogen) atoms. The summed E-state index contributed by atoms with van der Waals surface area (Å²) >= 11 is 0. The Bertz CT molecular complexity index is 392. The number of methoxy groups -OCH3 is 1. The molecule has 1 aromatic heterocycles. The van der Waals surface area contributed by atoms with Gasteiger partial charge in [0.05, 0.1) is 6.61 Å².